The van der Waals surface area contributed by atoms with E-state index in [0.717, 1.165) is 6.07 Å². The van der Waals surface area contributed by atoms with E-state index in [1.54, 1.807) is 0 Å². The van der Waals surface area contributed by atoms with Gasteiger partial charge >= 0.3 is 29.6 Å². The second kappa shape index (κ2) is 4.90. The number of nitrogens with zero attached hydrogens (tertiary/aromatic N) is 2. The minimum Gasteiger partial charge on any atom is -0.258 e. The molecule has 0 N–H and O–H groups in total. The third kappa shape index (κ3) is 3.10. The van der Waals surface area contributed by atoms with Crippen LogP contribution in [0.1, 0.15) is 0 Å². The van der Waals surface area contributed by atoms with Crippen LogP contribution in [0.2, 0.25) is 0 Å². The van der Waals surface area contributed by atoms with Gasteiger partial charge in [-0.2, -0.15) is 0 Å². The Balaban J connectivity index is 0.00000144. The van der Waals surface area contributed by atoms with Crippen molar-refractivity contribution in [3.05, 3.63) is 44.5 Å². The molecule has 0 heterocycles. The molecule has 1 aromatic carbocycles. The predicted octanol–water partition coefficient (Wildman–Crippen LogP) is -1.49. The van der Waals surface area contributed by atoms with Crippen LogP contribution in [0.5, 0.6) is 0 Å². The molecule has 0 amide bonds. The van der Waals surface area contributed by atoms with Gasteiger partial charge in [-0.3, -0.25) is 20.2 Å². The van der Waals surface area contributed by atoms with Crippen molar-refractivity contribution in [3.63, 3.8) is 0 Å². The van der Waals surface area contributed by atoms with Crippen molar-refractivity contribution in [2.45, 2.75) is 0 Å². The Labute approximate surface area is 95.2 Å². The average Bonchev–Trinajstić information content (AvgIpc) is 2.04. The van der Waals surface area contributed by atoms with E-state index in [0.29, 0.717) is 0 Å². The van der Waals surface area contributed by atoms with Crippen molar-refractivity contribution < 1.29 is 39.4 Å². The van der Waals surface area contributed by atoms with Crippen LogP contribution in [0, 0.1) is 20.2 Å². The molecule has 7 heteroatoms. The predicted molar refractivity (Wildman–Crippen MR) is 39.8 cm³/mol. The van der Waals surface area contributed by atoms with Crippen molar-refractivity contribution in [1.82, 2.24) is 0 Å². The van der Waals surface area contributed by atoms with E-state index in [1.807, 2.05) is 0 Å². The first-order chi connectivity index (χ1) is 5.61. The molecule has 0 aliphatic heterocycles. The molecule has 0 bridgehead atoms. The topological polar surface area (TPSA) is 86.3 Å². The second-order valence-electron chi connectivity index (χ2n) is 2.03. The number of nitro groups is 2. The monoisotopic (exact) mass is 191 g/mol. The Kier molecular flexibility index (Phi) is 4.53. The van der Waals surface area contributed by atoms with Crippen LogP contribution in [-0.4, -0.2) is 9.85 Å². The first kappa shape index (κ1) is 12.0. The summed E-state index contributed by atoms with van der Waals surface area (Å²) in [4.78, 5) is 19.0. The zero-order valence-corrected chi connectivity index (χ0v) is 8.84. The Morgan fingerprint density at radius 3 is 1.69 bits per heavy atom. The average molecular weight is 191 g/mol. The third-order valence-electron chi connectivity index (χ3n) is 1.25. The zero-order valence-electron chi connectivity index (χ0n) is 6.84. The van der Waals surface area contributed by atoms with Gasteiger partial charge in [-0.15, -0.1) is 0 Å². The van der Waals surface area contributed by atoms with Gasteiger partial charge in [0.15, 0.2) is 0 Å². The van der Waals surface area contributed by atoms with Gasteiger partial charge in [0.05, 0.1) is 15.9 Å². The maximum Gasteiger partial charge on any atom is 1.00 e. The summed E-state index contributed by atoms with van der Waals surface area (Å²) in [6.45, 7) is 0. The molecule has 13 heavy (non-hydrogen) atoms. The minimum atomic E-state index is -0.674. The molecule has 0 spiro atoms. The van der Waals surface area contributed by atoms with Crippen molar-refractivity contribution in [2.75, 3.05) is 0 Å². The SMILES string of the molecule is O=[N+]([O-])c1cccc([N+](=O)[O-])c1.[Na+]. The quantitative estimate of drug-likeness (QED) is 0.323. The van der Waals surface area contributed by atoms with Crippen molar-refractivity contribution in [2.24, 2.45) is 0 Å². The molecule has 0 aliphatic carbocycles. The van der Waals surface area contributed by atoms with Crippen molar-refractivity contribution in [1.29, 1.82) is 0 Å². The van der Waals surface area contributed by atoms with Crippen molar-refractivity contribution in [3.8, 4) is 0 Å². The van der Waals surface area contributed by atoms with Crippen LogP contribution in [-0.2, 0) is 0 Å². The molecule has 6 nitrogen and oxygen atoms in total. The summed E-state index contributed by atoms with van der Waals surface area (Å²) in [6.07, 6.45) is 0. The Morgan fingerprint density at radius 2 is 1.38 bits per heavy atom. The second-order valence-corrected chi connectivity index (χ2v) is 2.03. The number of rotatable bonds is 2. The molecule has 1 rings (SSSR count). The van der Waals surface area contributed by atoms with E-state index in [9.17, 15) is 20.2 Å². The van der Waals surface area contributed by atoms with Crippen LogP contribution < -0.4 is 29.6 Å². The van der Waals surface area contributed by atoms with Crippen LogP contribution in [0.15, 0.2) is 24.3 Å². The fraction of sp³-hybridized carbons (Fsp3) is 0. The molecule has 0 saturated heterocycles. The molecule has 1 aromatic rings. The number of non-ortho nitro benzene ring substituents is 2. The van der Waals surface area contributed by atoms with Gasteiger partial charge in [0.1, 0.15) is 0 Å². The van der Waals surface area contributed by atoms with E-state index in [2.05, 4.69) is 0 Å². The van der Waals surface area contributed by atoms with Gasteiger partial charge in [-0.05, 0) is 6.07 Å². The molecule has 0 saturated carbocycles. The van der Waals surface area contributed by atoms with Gasteiger partial charge in [0.25, 0.3) is 11.4 Å². The van der Waals surface area contributed by atoms with Gasteiger partial charge in [0.2, 0.25) is 0 Å². The number of nitro benzene ring substituents is 2. The Bertz CT molecular complexity index is 312. The van der Waals surface area contributed by atoms with Crippen LogP contribution in [0.4, 0.5) is 11.4 Å². The maximum atomic E-state index is 10.2. The summed E-state index contributed by atoms with van der Waals surface area (Å²) in [5.41, 5.74) is -0.548. The Hall–Kier alpha value is -0.980. The largest absolute Gasteiger partial charge is 1.00 e. The van der Waals surface area contributed by atoms with Crippen LogP contribution >= 0.6 is 0 Å². The smallest absolute Gasteiger partial charge is 0.258 e. The van der Waals surface area contributed by atoms with E-state index < -0.39 is 9.85 Å². The summed E-state index contributed by atoms with van der Waals surface area (Å²) < 4.78 is 0. The fourth-order valence-corrected chi connectivity index (χ4v) is 0.720. The third-order valence-corrected chi connectivity index (χ3v) is 1.25. The van der Waals surface area contributed by atoms with Crippen LogP contribution in [0.25, 0.3) is 0 Å². The summed E-state index contributed by atoms with van der Waals surface area (Å²) in [7, 11) is 0. The van der Waals surface area contributed by atoms with Gasteiger partial charge in [0, 0.05) is 12.1 Å². The summed E-state index contributed by atoms with van der Waals surface area (Å²) in [5, 5.41) is 20.3. The van der Waals surface area contributed by atoms with Crippen molar-refractivity contribution >= 4 is 11.4 Å². The number of benzene rings is 1. The maximum absolute atomic E-state index is 10.2. The van der Waals surface area contributed by atoms with E-state index in [1.165, 1.54) is 18.2 Å². The molecular weight excluding hydrogens is 187 g/mol. The number of hydrogen-bond donors (Lipinski definition) is 0. The summed E-state index contributed by atoms with van der Waals surface area (Å²) >= 11 is 0. The molecular formula is C6H4N2NaO4+. The number of hydrogen-bond acceptors (Lipinski definition) is 4. The molecule has 0 aromatic heterocycles. The minimum absolute atomic E-state index is 0. The first-order valence-corrected chi connectivity index (χ1v) is 3.00. The zero-order chi connectivity index (χ0) is 9.14. The Morgan fingerprint density at radius 1 is 1.00 bits per heavy atom. The molecule has 0 radical (unpaired) electrons. The molecule has 0 fully saturated rings. The van der Waals surface area contributed by atoms with Gasteiger partial charge in [-0.25, -0.2) is 0 Å². The molecule has 0 unspecified atom stereocenters. The normalized spacial score (nSPS) is 8.62. The first-order valence-electron chi connectivity index (χ1n) is 3.00. The van der Waals surface area contributed by atoms with Gasteiger partial charge < -0.3 is 0 Å². The fourth-order valence-electron chi connectivity index (χ4n) is 0.720. The van der Waals surface area contributed by atoms with E-state index in [-0.39, 0.29) is 40.9 Å². The van der Waals surface area contributed by atoms with Crippen LogP contribution in [0.3, 0.4) is 0 Å². The molecule has 62 valence electrons. The molecule has 0 aliphatic rings. The standard InChI is InChI=1S/C6H4N2O4.Na/c9-7(10)5-2-1-3-6(4-5)8(11)12;/h1-4H;/q;+1. The summed E-state index contributed by atoms with van der Waals surface area (Å²) in [6, 6.07) is 4.59. The van der Waals surface area contributed by atoms with E-state index >= 15 is 0 Å². The molecule has 0 atom stereocenters. The summed E-state index contributed by atoms with van der Waals surface area (Å²) in [5.74, 6) is 0. The van der Waals surface area contributed by atoms with Gasteiger partial charge in [-0.1, -0.05) is 0 Å². The van der Waals surface area contributed by atoms with E-state index in [4.69, 9.17) is 0 Å².